The molecule has 9 nitrogen and oxygen atoms in total. The minimum Gasteiger partial charge on any atom is -0.392 e. The van der Waals surface area contributed by atoms with Gasteiger partial charge in [-0.05, 0) is 26.0 Å². The number of fused-ring (bicyclic) bond motifs is 2. The molecule has 3 atom stereocenters. The number of nitrogens with zero attached hydrogens (tertiary/aromatic N) is 4. The summed E-state index contributed by atoms with van der Waals surface area (Å²) in [6, 6.07) is 5.61. The molecule has 3 N–H and O–H groups in total. The number of hydrogen-bond acceptors (Lipinski definition) is 8. The number of aliphatic hydroxyl groups excluding tert-OH is 1. The van der Waals surface area contributed by atoms with Gasteiger partial charge in [-0.25, -0.2) is 9.50 Å². The normalized spacial score (nSPS) is 34.3. The van der Waals surface area contributed by atoms with Gasteiger partial charge in [-0.15, -0.1) is 0 Å². The van der Waals surface area contributed by atoms with Gasteiger partial charge in [0.1, 0.15) is 24.0 Å². The van der Waals surface area contributed by atoms with Crippen molar-refractivity contribution in [2.45, 2.75) is 36.9 Å². The van der Waals surface area contributed by atoms with E-state index in [-0.39, 0.29) is 6.61 Å². The Balaban J connectivity index is 1.94. The fourth-order valence-electron chi connectivity index (χ4n) is 3.57. The number of hydrogen-bond donors (Lipinski definition) is 2. The molecule has 0 amide bonds. The molecule has 2 aliphatic rings. The molecule has 0 aromatic carbocycles. The van der Waals surface area contributed by atoms with Crippen LogP contribution in [0.2, 0.25) is 0 Å². The van der Waals surface area contributed by atoms with Gasteiger partial charge in [0.25, 0.3) is 0 Å². The van der Waals surface area contributed by atoms with Crippen molar-refractivity contribution in [2.24, 2.45) is 0 Å². The van der Waals surface area contributed by atoms with Crippen LogP contribution in [0.15, 0.2) is 18.5 Å². The number of ether oxygens (including phenoxy) is 3. The van der Waals surface area contributed by atoms with Crippen molar-refractivity contribution in [3.8, 4) is 6.07 Å². The van der Waals surface area contributed by atoms with Crippen LogP contribution in [0.25, 0.3) is 5.52 Å². The molecule has 9 heteroatoms. The summed E-state index contributed by atoms with van der Waals surface area (Å²) < 4.78 is 19.4. The molecule has 0 bridgehead atoms. The quantitative estimate of drug-likeness (QED) is 0.783. The first-order valence-electron chi connectivity index (χ1n) is 7.50. The molecule has 0 radical (unpaired) electrons. The highest BCUT2D eigenvalue weighted by atomic mass is 16.8. The average molecular weight is 331 g/mol. The van der Waals surface area contributed by atoms with Crippen molar-refractivity contribution < 1.29 is 19.3 Å². The van der Waals surface area contributed by atoms with Gasteiger partial charge < -0.3 is 25.1 Å². The summed E-state index contributed by atoms with van der Waals surface area (Å²) in [4.78, 5) is 3.97. The molecular weight excluding hydrogens is 314 g/mol. The van der Waals surface area contributed by atoms with E-state index < -0.39 is 29.7 Å². The molecule has 0 unspecified atom stereocenters. The number of nitrogen functional groups attached to an aromatic ring is 1. The maximum Gasteiger partial charge on any atom is 0.206 e. The smallest absolute Gasteiger partial charge is 0.206 e. The molecule has 2 fully saturated rings. The van der Waals surface area contributed by atoms with Crippen LogP contribution >= 0.6 is 0 Å². The average Bonchev–Trinajstić information content (AvgIpc) is 3.17. The second kappa shape index (κ2) is 4.64. The van der Waals surface area contributed by atoms with Gasteiger partial charge in [-0.1, -0.05) is 0 Å². The molecule has 2 saturated heterocycles. The second-order valence-electron chi connectivity index (χ2n) is 6.50. The lowest BCUT2D eigenvalue weighted by molar-refractivity contribution is -0.203. The number of nitriles is 1. The lowest BCUT2D eigenvalue weighted by Gasteiger charge is -2.27. The number of aromatic nitrogens is 3. The summed E-state index contributed by atoms with van der Waals surface area (Å²) in [5.41, 5.74) is 4.55. The van der Waals surface area contributed by atoms with Crippen LogP contribution in [0, 0.1) is 11.3 Å². The fourth-order valence-corrected chi connectivity index (χ4v) is 3.57. The van der Waals surface area contributed by atoms with Crippen molar-refractivity contribution in [3.63, 3.8) is 0 Å². The fraction of sp³-hybridized carbons (Fsp3) is 0.533. The maximum absolute atomic E-state index is 9.77. The Bertz CT molecular complexity index is 859. The van der Waals surface area contributed by atoms with Crippen molar-refractivity contribution in [2.75, 3.05) is 18.9 Å². The van der Waals surface area contributed by atoms with Crippen molar-refractivity contribution in [1.29, 1.82) is 5.26 Å². The third kappa shape index (κ3) is 1.76. The molecule has 0 spiro atoms. The summed E-state index contributed by atoms with van der Waals surface area (Å²) in [5, 5.41) is 23.6. The highest BCUT2D eigenvalue weighted by Gasteiger charge is 2.69. The zero-order valence-electron chi connectivity index (χ0n) is 13.3. The van der Waals surface area contributed by atoms with Gasteiger partial charge in [0.05, 0.1) is 18.9 Å². The van der Waals surface area contributed by atoms with Crippen LogP contribution < -0.4 is 5.73 Å². The van der Waals surface area contributed by atoms with E-state index in [0.717, 1.165) is 0 Å². The SMILES string of the molecule is CC1(C)O[C@@H]2[C@@](C#N)(CO)OC[C@]2(c2ccc3c(N)ncnn23)O1. The lowest BCUT2D eigenvalue weighted by atomic mass is 9.86. The predicted molar refractivity (Wildman–Crippen MR) is 80.5 cm³/mol. The minimum atomic E-state index is -1.50. The van der Waals surface area contributed by atoms with Gasteiger partial charge in [-0.3, -0.25) is 0 Å². The Kier molecular flexibility index (Phi) is 2.96. The van der Waals surface area contributed by atoms with Crippen molar-refractivity contribution >= 4 is 11.3 Å². The Morgan fingerprint density at radius 3 is 3.00 bits per heavy atom. The predicted octanol–water partition coefficient (Wildman–Crippen LogP) is -0.0568. The summed E-state index contributed by atoms with van der Waals surface area (Å²) in [6.07, 6.45) is 0.530. The van der Waals surface area contributed by atoms with Crippen molar-refractivity contribution in [1.82, 2.24) is 14.6 Å². The van der Waals surface area contributed by atoms with E-state index in [1.807, 2.05) is 6.07 Å². The van der Waals surface area contributed by atoms with Crippen LogP contribution in [0.3, 0.4) is 0 Å². The molecule has 2 aromatic heterocycles. The molecule has 4 rings (SSSR count). The standard InChI is InChI=1S/C15H17N5O4/c1-13(2)23-12-14(5-16,6-21)22-7-15(12,24-13)10-4-3-9-11(17)18-8-19-20(9)10/h3-4,8,12,21H,6-7H2,1-2H3,(H2,17,18,19)/t12-,14-,15-/m1/s1. The largest absolute Gasteiger partial charge is 0.392 e. The first-order valence-corrected chi connectivity index (χ1v) is 7.50. The first-order chi connectivity index (χ1) is 11.4. The van der Waals surface area contributed by atoms with Gasteiger partial charge in [0.15, 0.2) is 17.2 Å². The van der Waals surface area contributed by atoms with E-state index in [0.29, 0.717) is 17.0 Å². The molecular formula is C15H17N5O4. The van der Waals surface area contributed by atoms with E-state index in [1.165, 1.54) is 6.33 Å². The van der Waals surface area contributed by atoms with Crippen LogP contribution in [0.5, 0.6) is 0 Å². The van der Waals surface area contributed by atoms with Gasteiger partial charge >= 0.3 is 0 Å². The molecule has 126 valence electrons. The lowest BCUT2D eigenvalue weighted by Crippen LogP contribution is -2.48. The third-order valence-electron chi connectivity index (χ3n) is 4.56. The zero-order valence-corrected chi connectivity index (χ0v) is 13.3. The van der Waals surface area contributed by atoms with E-state index >= 15 is 0 Å². The Labute approximate surface area is 137 Å². The summed E-state index contributed by atoms with van der Waals surface area (Å²) in [5.74, 6) is -0.621. The van der Waals surface area contributed by atoms with Gasteiger partial charge in [-0.2, -0.15) is 10.4 Å². The van der Waals surface area contributed by atoms with Crippen LogP contribution in [0.1, 0.15) is 19.5 Å². The van der Waals surface area contributed by atoms with Crippen LogP contribution in [-0.2, 0) is 19.8 Å². The van der Waals surface area contributed by atoms with E-state index in [9.17, 15) is 10.4 Å². The third-order valence-corrected chi connectivity index (χ3v) is 4.56. The summed E-state index contributed by atoms with van der Waals surface area (Å²) in [7, 11) is 0. The molecule has 0 saturated carbocycles. The van der Waals surface area contributed by atoms with Gasteiger partial charge in [0, 0.05) is 0 Å². The Hall–Kier alpha value is -2.25. The van der Waals surface area contributed by atoms with E-state index in [1.54, 1.807) is 30.5 Å². The molecule has 2 aliphatic heterocycles. The number of rotatable bonds is 2. The van der Waals surface area contributed by atoms with Crippen LogP contribution in [0.4, 0.5) is 5.82 Å². The zero-order chi connectivity index (χ0) is 17.2. The highest BCUT2D eigenvalue weighted by Crippen LogP contribution is 2.53. The van der Waals surface area contributed by atoms with Crippen LogP contribution in [-0.4, -0.2) is 50.4 Å². The topological polar surface area (TPSA) is 128 Å². The first kappa shape index (κ1) is 15.3. The van der Waals surface area contributed by atoms with E-state index in [2.05, 4.69) is 10.1 Å². The molecule has 2 aromatic rings. The highest BCUT2D eigenvalue weighted by molar-refractivity contribution is 5.65. The number of anilines is 1. The molecule has 4 heterocycles. The minimum absolute atomic E-state index is 0.0469. The van der Waals surface area contributed by atoms with Gasteiger partial charge in [0.2, 0.25) is 5.60 Å². The Morgan fingerprint density at radius 2 is 2.29 bits per heavy atom. The molecule has 0 aliphatic carbocycles. The Morgan fingerprint density at radius 1 is 1.50 bits per heavy atom. The number of nitrogens with two attached hydrogens (primary N) is 1. The van der Waals surface area contributed by atoms with E-state index in [4.69, 9.17) is 19.9 Å². The second-order valence-corrected chi connectivity index (χ2v) is 6.50. The maximum atomic E-state index is 9.77. The molecule has 24 heavy (non-hydrogen) atoms. The van der Waals surface area contributed by atoms with Crippen molar-refractivity contribution in [3.05, 3.63) is 24.2 Å². The summed E-state index contributed by atoms with van der Waals surface area (Å²) >= 11 is 0. The summed E-state index contributed by atoms with van der Waals surface area (Å²) in [6.45, 7) is 3.05. The monoisotopic (exact) mass is 331 g/mol. The number of aliphatic hydroxyl groups is 1.